The topological polar surface area (TPSA) is 61.6 Å². The number of ether oxygens (including phenoxy) is 2. The minimum absolute atomic E-state index is 0.0286. The molecule has 3 rings (SSSR count). The maximum atomic E-state index is 12.3. The molecule has 1 aliphatic carbocycles. The average molecular weight is 573 g/mol. The van der Waals surface area contributed by atoms with E-state index in [1.807, 2.05) is 6.08 Å². The molecular weight excluding hydrogens is 550 g/mol. The van der Waals surface area contributed by atoms with E-state index in [2.05, 4.69) is 21.7 Å². The Bertz CT molecular complexity index is 1080. The Morgan fingerprint density at radius 3 is 2.42 bits per heavy atom. The number of halogens is 4. The lowest BCUT2D eigenvalue weighted by molar-refractivity contribution is -0.385. The van der Waals surface area contributed by atoms with Gasteiger partial charge in [0.15, 0.2) is 5.75 Å². The highest BCUT2D eigenvalue weighted by atomic mass is 127. The molecule has 0 radical (unpaired) electrons. The summed E-state index contributed by atoms with van der Waals surface area (Å²) in [5.41, 5.74) is 1.90. The summed E-state index contributed by atoms with van der Waals surface area (Å²) in [6, 6.07) is 9.68. The standard InChI is InChI=1S/C24H23F3INO4/c1-2-3-14-28-20-9-4-17(5-10-20)16-32-23-13-8-19(15-22(23)29(30)31)18-6-11-21(12-7-18)33-24(25,26)27/h4,6-9,11-15H,2-3,5,10,16H2,1H3. The molecule has 0 spiro atoms. The molecule has 0 amide bonds. The number of benzene rings is 2. The first-order valence-corrected chi connectivity index (χ1v) is 12.7. The quantitative estimate of drug-likeness (QED) is 0.175. The Labute approximate surface area is 199 Å². The molecule has 0 saturated heterocycles. The van der Waals surface area contributed by atoms with Gasteiger partial charge in [0, 0.05) is 6.07 Å². The van der Waals surface area contributed by atoms with Crippen molar-refractivity contribution < 1.29 is 27.6 Å². The molecule has 9 heteroatoms. The summed E-state index contributed by atoms with van der Waals surface area (Å²) in [6.45, 7) is 2.43. The molecule has 0 aromatic heterocycles. The average Bonchev–Trinajstić information content (AvgIpc) is 2.78. The fraction of sp³-hybridized carbons (Fsp3) is 0.292. The van der Waals surface area contributed by atoms with Gasteiger partial charge in [-0.1, -0.05) is 68.4 Å². The van der Waals surface area contributed by atoms with Crippen LogP contribution in [-0.4, -0.2) is 21.9 Å². The van der Waals surface area contributed by atoms with Crippen molar-refractivity contribution in [1.29, 1.82) is 0 Å². The fourth-order valence-corrected chi connectivity index (χ4v) is 5.58. The van der Waals surface area contributed by atoms with Crippen LogP contribution in [0.5, 0.6) is 11.5 Å². The van der Waals surface area contributed by atoms with Crippen molar-refractivity contribution in [2.45, 2.75) is 39.0 Å². The van der Waals surface area contributed by atoms with Gasteiger partial charge in [-0.25, -0.2) is 0 Å². The number of nitro groups is 1. The predicted octanol–water partition coefficient (Wildman–Crippen LogP) is 7.72. The summed E-state index contributed by atoms with van der Waals surface area (Å²) in [5.74, 6) is -0.204. The second-order valence-corrected chi connectivity index (χ2v) is 10.2. The number of nitro benzene ring substituents is 1. The van der Waals surface area contributed by atoms with Crippen LogP contribution < -0.4 is 9.47 Å². The first kappa shape index (κ1) is 24.9. The smallest absolute Gasteiger partial charge is 0.482 e. The summed E-state index contributed by atoms with van der Waals surface area (Å²) >= 11 is -0.0286. The van der Waals surface area contributed by atoms with Crippen LogP contribution in [0.1, 0.15) is 32.6 Å². The van der Waals surface area contributed by atoms with Crippen LogP contribution >= 0.6 is 20.7 Å². The lowest BCUT2D eigenvalue weighted by atomic mass is 10.0. The van der Waals surface area contributed by atoms with Crippen LogP contribution in [0.25, 0.3) is 11.1 Å². The number of hydrogen-bond donors (Lipinski definition) is 0. The number of nitrogens with zero attached hydrogens (tertiary/aromatic N) is 1. The maximum absolute atomic E-state index is 12.3. The van der Waals surface area contributed by atoms with Gasteiger partial charge >= 0.3 is 12.0 Å². The molecule has 0 bridgehead atoms. The number of rotatable bonds is 9. The van der Waals surface area contributed by atoms with Crippen LogP contribution in [0.4, 0.5) is 18.9 Å². The zero-order valence-electron chi connectivity index (χ0n) is 17.9. The third kappa shape index (κ3) is 7.69. The molecular formula is C24H23F3INO4. The predicted molar refractivity (Wildman–Crippen MR) is 131 cm³/mol. The molecule has 0 saturated carbocycles. The summed E-state index contributed by atoms with van der Waals surface area (Å²) in [7, 11) is 0. The molecule has 0 aliphatic heterocycles. The number of alkyl halides is 3. The summed E-state index contributed by atoms with van der Waals surface area (Å²) < 4.78 is 50.4. The first-order valence-electron chi connectivity index (χ1n) is 10.4. The minimum atomic E-state index is -4.78. The van der Waals surface area contributed by atoms with Gasteiger partial charge in [-0.15, -0.1) is 13.2 Å². The molecule has 0 fully saturated rings. The van der Waals surface area contributed by atoms with Gasteiger partial charge in [0.2, 0.25) is 0 Å². The zero-order valence-corrected chi connectivity index (χ0v) is 20.1. The SMILES string of the molecule is CCCC=IC1=CC=C(COc2ccc(-c3ccc(OC(F)(F)F)cc3)cc2[N+](=O)[O-])CC1. The highest BCUT2D eigenvalue weighted by Gasteiger charge is 2.31. The molecule has 5 nitrogen and oxygen atoms in total. The molecule has 0 unspecified atom stereocenters. The van der Waals surface area contributed by atoms with Crippen molar-refractivity contribution in [3.63, 3.8) is 0 Å². The number of unbranched alkanes of at least 4 members (excludes halogenated alkanes) is 1. The normalized spacial score (nSPS) is 14.3. The molecule has 176 valence electrons. The van der Waals surface area contributed by atoms with Crippen molar-refractivity contribution in [2.75, 3.05) is 6.61 Å². The summed E-state index contributed by atoms with van der Waals surface area (Å²) in [6.07, 6.45) is 3.60. The molecule has 0 atom stereocenters. The molecule has 0 N–H and O–H groups in total. The maximum Gasteiger partial charge on any atom is 0.573 e. The van der Waals surface area contributed by atoms with Gasteiger partial charge in [0.05, 0.1) is 4.92 Å². The van der Waals surface area contributed by atoms with Crippen LogP contribution in [0.15, 0.2) is 63.8 Å². The van der Waals surface area contributed by atoms with E-state index in [1.165, 1.54) is 40.0 Å². The minimum Gasteiger partial charge on any atom is -0.482 e. The van der Waals surface area contributed by atoms with E-state index < -0.39 is 11.3 Å². The Morgan fingerprint density at radius 1 is 1.09 bits per heavy atom. The Balaban J connectivity index is 1.70. The van der Waals surface area contributed by atoms with Crippen molar-refractivity contribution in [2.24, 2.45) is 0 Å². The highest BCUT2D eigenvalue weighted by molar-refractivity contribution is 14.2. The van der Waals surface area contributed by atoms with Crippen LogP contribution in [-0.2, 0) is 0 Å². The summed E-state index contributed by atoms with van der Waals surface area (Å²) in [5, 5.41) is 11.6. The van der Waals surface area contributed by atoms with Gasteiger partial charge in [0.1, 0.15) is 12.4 Å². The van der Waals surface area contributed by atoms with Crippen LogP contribution in [0.3, 0.4) is 0 Å². The van der Waals surface area contributed by atoms with Crippen LogP contribution in [0.2, 0.25) is 0 Å². The van der Waals surface area contributed by atoms with Crippen molar-refractivity contribution in [3.8, 4) is 22.6 Å². The molecule has 2 aromatic rings. The lowest BCUT2D eigenvalue weighted by Gasteiger charge is -2.14. The van der Waals surface area contributed by atoms with E-state index in [-0.39, 0.29) is 44.5 Å². The zero-order chi connectivity index (χ0) is 23.8. The molecule has 1 aliphatic rings. The van der Waals surface area contributed by atoms with Gasteiger partial charge in [-0.05, 0) is 57.7 Å². The number of hydrogen-bond acceptors (Lipinski definition) is 4. The molecule has 0 heterocycles. The lowest BCUT2D eigenvalue weighted by Crippen LogP contribution is -2.16. The van der Waals surface area contributed by atoms with E-state index in [0.717, 1.165) is 31.3 Å². The molecule has 33 heavy (non-hydrogen) atoms. The Kier molecular flexibility index (Phi) is 8.65. The fourth-order valence-electron chi connectivity index (χ4n) is 3.11. The summed E-state index contributed by atoms with van der Waals surface area (Å²) in [4.78, 5) is 11.1. The van der Waals surface area contributed by atoms with E-state index in [4.69, 9.17) is 4.74 Å². The van der Waals surface area contributed by atoms with Gasteiger partial charge in [-0.2, -0.15) is 0 Å². The van der Waals surface area contributed by atoms with E-state index >= 15 is 0 Å². The molecule has 2 aromatic carbocycles. The number of allylic oxidation sites excluding steroid dienone is 3. The third-order valence-electron chi connectivity index (χ3n) is 4.79. The van der Waals surface area contributed by atoms with Gasteiger partial charge in [-0.3, -0.25) is 10.1 Å². The van der Waals surface area contributed by atoms with E-state index in [9.17, 15) is 23.3 Å². The van der Waals surface area contributed by atoms with E-state index in [1.54, 1.807) is 6.07 Å². The van der Waals surface area contributed by atoms with Crippen LogP contribution in [0, 0.1) is 10.1 Å². The second-order valence-electron chi connectivity index (χ2n) is 7.29. The van der Waals surface area contributed by atoms with Crippen molar-refractivity contribution in [1.82, 2.24) is 0 Å². The second kappa shape index (κ2) is 11.4. The van der Waals surface area contributed by atoms with Gasteiger partial charge in [0.25, 0.3) is 0 Å². The largest absolute Gasteiger partial charge is 0.573 e. The third-order valence-corrected chi connectivity index (χ3v) is 7.55. The van der Waals surface area contributed by atoms with Crippen molar-refractivity contribution in [3.05, 3.63) is 73.9 Å². The van der Waals surface area contributed by atoms with Crippen molar-refractivity contribution >= 4 is 30.4 Å². The van der Waals surface area contributed by atoms with Gasteiger partial charge < -0.3 is 9.47 Å². The Hall–Kier alpha value is -2.69. The van der Waals surface area contributed by atoms with E-state index in [0.29, 0.717) is 11.1 Å². The first-order chi connectivity index (χ1) is 15.7. The monoisotopic (exact) mass is 573 g/mol. The highest BCUT2D eigenvalue weighted by Crippen LogP contribution is 2.34. The Morgan fingerprint density at radius 2 is 1.82 bits per heavy atom.